The molecule has 14 heteroatoms. The van der Waals surface area contributed by atoms with Crippen LogP contribution in [0.5, 0.6) is 5.75 Å². The summed E-state index contributed by atoms with van der Waals surface area (Å²) in [7, 11) is 1.54. The Bertz CT molecular complexity index is 1570. The molecule has 2 N–H and O–H groups in total. The molecular weight excluding hydrogens is 630 g/mol. The van der Waals surface area contributed by atoms with Gasteiger partial charge in [0.1, 0.15) is 17.3 Å². The van der Waals surface area contributed by atoms with Crippen molar-refractivity contribution in [2.24, 2.45) is 28.1 Å². The first-order valence-electron chi connectivity index (χ1n) is 16.6. The third-order valence-electron chi connectivity index (χ3n) is 12.3. The van der Waals surface area contributed by atoms with Crippen molar-refractivity contribution in [1.29, 1.82) is 0 Å². The molecule has 0 aromatic heterocycles. The van der Waals surface area contributed by atoms with Gasteiger partial charge >= 0.3 is 24.0 Å². The molecule has 0 bridgehead atoms. The maximum Gasteiger partial charge on any atom is 0.410 e. The normalized spacial score (nSPS) is 45.2. The molecule has 12 atom stereocenters. The Hall–Kier alpha value is -3.46. The molecule has 14 nitrogen and oxygen atoms in total. The Kier molecular flexibility index (Phi) is 6.66. The summed E-state index contributed by atoms with van der Waals surface area (Å²) in [6.07, 6.45) is -7.45. The van der Waals surface area contributed by atoms with Gasteiger partial charge in [0.15, 0.2) is 23.9 Å². The van der Waals surface area contributed by atoms with Crippen molar-refractivity contribution in [1.82, 2.24) is 4.90 Å². The maximum atomic E-state index is 14.4. The quantitative estimate of drug-likeness (QED) is 0.340. The number of fused-ring (bicyclic) bond motifs is 1. The topological polar surface area (TPSA) is 177 Å². The number of carbonyl (C=O) groups excluding carboxylic acids is 4. The standard InChI is InChI=1S/C34H41NO13/c1-16-25(37)44-23-22(46-29(40)35-13-7-6-8-14-35)32-21-19(36)20(30(2,3)4)31(32)24(43-15-17-9-11-18(42-5)12-10-17)26(38)47-28(31)48-34(32,27(39)45-21)33(16,23)41/h9-12,16,19-24,28,36,41H,6-8,13-15H2,1-5H3/t16-,19-,20+,21?,22+,23?,24+,28?,31?,32?,33-,34?/m1/s1. The molecule has 2 aliphatic carbocycles. The molecule has 260 valence electrons. The lowest BCUT2D eigenvalue weighted by molar-refractivity contribution is -0.240. The van der Waals surface area contributed by atoms with Crippen molar-refractivity contribution in [3.05, 3.63) is 29.8 Å². The number of esters is 3. The van der Waals surface area contributed by atoms with E-state index in [1.54, 1.807) is 31.4 Å². The van der Waals surface area contributed by atoms with E-state index in [9.17, 15) is 29.4 Å². The zero-order valence-corrected chi connectivity index (χ0v) is 27.5. The number of piperidine rings is 1. The Morgan fingerprint density at radius 1 is 1.00 bits per heavy atom. The maximum absolute atomic E-state index is 14.4. The van der Waals surface area contributed by atoms with Gasteiger partial charge in [-0.1, -0.05) is 32.9 Å². The monoisotopic (exact) mass is 671 g/mol. The van der Waals surface area contributed by atoms with Crippen LogP contribution in [0.2, 0.25) is 0 Å². The van der Waals surface area contributed by atoms with Gasteiger partial charge in [0.05, 0.1) is 31.2 Å². The van der Waals surface area contributed by atoms with Crippen molar-refractivity contribution in [2.45, 2.75) is 102 Å². The summed E-state index contributed by atoms with van der Waals surface area (Å²) in [6.45, 7) is 7.72. The van der Waals surface area contributed by atoms with Gasteiger partial charge < -0.3 is 48.3 Å². The number of ether oxygens (including phenoxy) is 7. The van der Waals surface area contributed by atoms with Crippen LogP contribution >= 0.6 is 0 Å². The number of rotatable bonds is 5. The smallest absolute Gasteiger partial charge is 0.410 e. The van der Waals surface area contributed by atoms with Crippen molar-refractivity contribution >= 4 is 24.0 Å². The highest BCUT2D eigenvalue weighted by molar-refractivity contribution is 5.94. The average molecular weight is 672 g/mol. The van der Waals surface area contributed by atoms with Gasteiger partial charge in [-0.15, -0.1) is 0 Å². The molecule has 8 rings (SSSR count). The Labute approximate surface area is 276 Å². The summed E-state index contributed by atoms with van der Waals surface area (Å²) in [6, 6.07) is 7.02. The van der Waals surface area contributed by atoms with Gasteiger partial charge in [-0.05, 0) is 49.3 Å². The molecule has 7 fully saturated rings. The number of nitrogens with zero attached hydrogens (tertiary/aromatic N) is 1. The second-order valence-corrected chi connectivity index (χ2v) is 15.3. The van der Waals surface area contributed by atoms with Crippen LogP contribution in [0.15, 0.2) is 24.3 Å². The summed E-state index contributed by atoms with van der Waals surface area (Å²) in [5.41, 5.74) is -8.78. The molecule has 1 amide bonds. The van der Waals surface area contributed by atoms with Crippen LogP contribution in [0.25, 0.3) is 0 Å². The molecule has 0 radical (unpaired) electrons. The summed E-state index contributed by atoms with van der Waals surface area (Å²) in [4.78, 5) is 57.1. The lowest BCUT2D eigenvalue weighted by Gasteiger charge is -2.49. The first kappa shape index (κ1) is 31.8. The van der Waals surface area contributed by atoms with E-state index >= 15 is 0 Å². The first-order valence-corrected chi connectivity index (χ1v) is 16.6. The van der Waals surface area contributed by atoms with Crippen LogP contribution in [0, 0.1) is 28.1 Å². The number of carbonyl (C=O) groups is 4. The van der Waals surface area contributed by atoms with Crippen molar-refractivity contribution in [3.8, 4) is 5.75 Å². The number of aliphatic hydroxyl groups excluding tert-OH is 1. The third-order valence-corrected chi connectivity index (χ3v) is 12.3. The van der Waals surface area contributed by atoms with Crippen LogP contribution in [0.4, 0.5) is 4.79 Å². The second kappa shape index (κ2) is 10.1. The van der Waals surface area contributed by atoms with E-state index in [2.05, 4.69) is 0 Å². The number of hydrogen-bond acceptors (Lipinski definition) is 13. The van der Waals surface area contributed by atoms with Gasteiger partial charge in [0.2, 0.25) is 11.9 Å². The van der Waals surface area contributed by atoms with Crippen LogP contribution < -0.4 is 4.74 Å². The molecule has 1 aromatic rings. The summed E-state index contributed by atoms with van der Waals surface area (Å²) in [5, 5.41) is 25.1. The summed E-state index contributed by atoms with van der Waals surface area (Å²) < 4.78 is 42.5. The predicted octanol–water partition coefficient (Wildman–Crippen LogP) is 1.46. The highest BCUT2D eigenvalue weighted by Crippen LogP contribution is 2.85. The van der Waals surface area contributed by atoms with E-state index in [1.807, 2.05) is 20.8 Å². The van der Waals surface area contributed by atoms with E-state index < -0.39 is 100 Å². The summed E-state index contributed by atoms with van der Waals surface area (Å²) >= 11 is 0. The minimum Gasteiger partial charge on any atom is -0.497 e. The molecule has 2 spiro atoms. The molecule has 7 aliphatic rings. The molecule has 6 unspecified atom stereocenters. The minimum absolute atomic E-state index is 0.0922. The van der Waals surface area contributed by atoms with Crippen molar-refractivity contribution in [2.75, 3.05) is 20.2 Å². The zero-order valence-electron chi connectivity index (χ0n) is 27.5. The van der Waals surface area contributed by atoms with Crippen LogP contribution in [0.1, 0.15) is 52.5 Å². The van der Waals surface area contributed by atoms with Crippen LogP contribution in [-0.2, 0) is 49.4 Å². The van der Waals surface area contributed by atoms with Crippen molar-refractivity contribution in [3.63, 3.8) is 0 Å². The van der Waals surface area contributed by atoms with Crippen molar-refractivity contribution < 1.29 is 62.5 Å². The number of amides is 1. The van der Waals surface area contributed by atoms with Gasteiger partial charge in [-0.25, -0.2) is 14.4 Å². The van der Waals surface area contributed by atoms with E-state index in [4.69, 9.17) is 33.2 Å². The number of methoxy groups -OCH3 is 1. The number of likely N-dealkylation sites (tertiary alicyclic amines) is 1. The Morgan fingerprint density at radius 2 is 1.69 bits per heavy atom. The first-order chi connectivity index (χ1) is 22.7. The largest absolute Gasteiger partial charge is 0.497 e. The number of aliphatic hydroxyl groups is 2. The lowest BCUT2D eigenvalue weighted by atomic mass is 9.50. The SMILES string of the molecule is COc1ccc(CO[C@H]2C(=O)OC3OC45C(=O)OC6[C@H](O)[C@@H](C(C)(C)C)C32C64[C@@H](OC(=O)N2CCCCC2)C2OC(=O)[C@@H](C)[C@@]25O)cc1. The molecule has 5 heterocycles. The van der Waals surface area contributed by atoms with Crippen LogP contribution in [0.3, 0.4) is 0 Å². The fourth-order valence-electron chi connectivity index (χ4n) is 10.7. The molecule has 2 saturated carbocycles. The second-order valence-electron chi connectivity index (χ2n) is 15.3. The predicted molar refractivity (Wildman–Crippen MR) is 159 cm³/mol. The number of hydrogen-bond donors (Lipinski definition) is 2. The number of benzene rings is 1. The van der Waals surface area contributed by atoms with E-state index in [0.717, 1.165) is 19.3 Å². The van der Waals surface area contributed by atoms with E-state index in [0.29, 0.717) is 24.4 Å². The fraction of sp³-hybridized carbons (Fsp3) is 0.706. The van der Waals surface area contributed by atoms with Crippen LogP contribution in [-0.4, -0.2) is 107 Å². The highest BCUT2D eigenvalue weighted by Gasteiger charge is 3.06. The third kappa shape index (κ3) is 3.37. The van der Waals surface area contributed by atoms with Gasteiger partial charge in [-0.3, -0.25) is 4.79 Å². The fourth-order valence-corrected chi connectivity index (χ4v) is 10.7. The molecular formula is C34H41NO13. The minimum atomic E-state index is -2.44. The molecule has 5 saturated heterocycles. The van der Waals surface area contributed by atoms with Gasteiger partial charge in [-0.2, -0.15) is 0 Å². The van der Waals surface area contributed by atoms with Gasteiger partial charge in [0.25, 0.3) is 0 Å². The highest BCUT2D eigenvalue weighted by atomic mass is 16.8. The average Bonchev–Trinajstić information content (AvgIpc) is 3.75. The molecule has 5 aliphatic heterocycles. The molecule has 1 aromatic carbocycles. The van der Waals surface area contributed by atoms with Gasteiger partial charge in [0, 0.05) is 19.0 Å². The van der Waals surface area contributed by atoms with E-state index in [-0.39, 0.29) is 6.61 Å². The lowest BCUT2D eigenvalue weighted by Crippen LogP contribution is -2.67. The Balaban J connectivity index is 1.35. The van der Waals surface area contributed by atoms with E-state index in [1.165, 1.54) is 11.8 Å². The molecule has 48 heavy (non-hydrogen) atoms. The summed E-state index contributed by atoms with van der Waals surface area (Å²) in [5.74, 6) is -4.37. The Morgan fingerprint density at radius 3 is 2.33 bits per heavy atom. The zero-order chi connectivity index (χ0) is 34.2.